The van der Waals surface area contributed by atoms with E-state index in [2.05, 4.69) is 23.7 Å². The fourth-order valence-corrected chi connectivity index (χ4v) is 2.80. The predicted molar refractivity (Wildman–Crippen MR) is 77.4 cm³/mol. The summed E-state index contributed by atoms with van der Waals surface area (Å²) in [6.07, 6.45) is 4.25. The molecule has 0 spiro atoms. The van der Waals surface area contributed by atoms with Crippen molar-refractivity contribution in [1.29, 1.82) is 0 Å². The second-order valence-electron chi connectivity index (χ2n) is 5.86. The topological polar surface area (TPSA) is 37.3 Å². The number of amides is 1. The molecule has 0 radical (unpaired) electrons. The van der Waals surface area contributed by atoms with E-state index >= 15 is 0 Å². The molecule has 1 saturated heterocycles. The van der Waals surface area contributed by atoms with Gasteiger partial charge in [0.2, 0.25) is 0 Å². The molecule has 1 N–H and O–H groups in total. The zero-order valence-corrected chi connectivity index (χ0v) is 12.2. The van der Waals surface area contributed by atoms with E-state index in [0.717, 1.165) is 38.2 Å². The lowest BCUT2D eigenvalue weighted by atomic mass is 10.1. The highest BCUT2D eigenvalue weighted by Gasteiger charge is 2.22. The molecule has 4 nitrogen and oxygen atoms in total. The molecule has 1 aliphatic heterocycles. The minimum Gasteiger partial charge on any atom is -0.340 e. The predicted octanol–water partition coefficient (Wildman–Crippen LogP) is 2.14. The molecule has 106 valence electrons. The SMILES string of the molecule is CC(C)CN(C)C(=O)c1cccn1C1CCNCC1. The van der Waals surface area contributed by atoms with Gasteiger partial charge in [0.15, 0.2) is 0 Å². The van der Waals surface area contributed by atoms with Gasteiger partial charge in [-0.25, -0.2) is 0 Å². The molecule has 4 heteroatoms. The van der Waals surface area contributed by atoms with Crippen LogP contribution >= 0.6 is 0 Å². The van der Waals surface area contributed by atoms with E-state index in [1.165, 1.54) is 0 Å². The van der Waals surface area contributed by atoms with Crippen molar-refractivity contribution >= 4 is 5.91 Å². The number of rotatable bonds is 4. The van der Waals surface area contributed by atoms with Gasteiger partial charge >= 0.3 is 0 Å². The maximum absolute atomic E-state index is 12.5. The highest BCUT2D eigenvalue weighted by Crippen LogP contribution is 2.22. The van der Waals surface area contributed by atoms with Gasteiger partial charge in [-0.3, -0.25) is 4.79 Å². The van der Waals surface area contributed by atoms with Crippen LogP contribution in [0.15, 0.2) is 18.3 Å². The summed E-state index contributed by atoms with van der Waals surface area (Å²) in [5.74, 6) is 0.633. The van der Waals surface area contributed by atoms with Crippen molar-refractivity contribution in [3.8, 4) is 0 Å². The molecule has 1 fully saturated rings. The molecule has 2 rings (SSSR count). The summed E-state index contributed by atoms with van der Waals surface area (Å²) in [5, 5.41) is 3.37. The number of aromatic nitrogens is 1. The van der Waals surface area contributed by atoms with E-state index in [-0.39, 0.29) is 5.91 Å². The molecule has 0 atom stereocenters. The second-order valence-corrected chi connectivity index (χ2v) is 5.86. The third-order valence-electron chi connectivity index (χ3n) is 3.69. The quantitative estimate of drug-likeness (QED) is 0.903. The Labute approximate surface area is 115 Å². The van der Waals surface area contributed by atoms with E-state index in [4.69, 9.17) is 0 Å². The van der Waals surface area contributed by atoms with Crippen LogP contribution in [-0.2, 0) is 0 Å². The molecule has 0 aliphatic carbocycles. The fraction of sp³-hybridized carbons (Fsp3) is 0.667. The Kier molecular flexibility index (Phi) is 4.64. The molecule has 19 heavy (non-hydrogen) atoms. The van der Waals surface area contributed by atoms with Crippen molar-refractivity contribution in [3.63, 3.8) is 0 Å². The minimum absolute atomic E-state index is 0.136. The van der Waals surface area contributed by atoms with Gasteiger partial charge < -0.3 is 14.8 Å². The van der Waals surface area contributed by atoms with Crippen LogP contribution in [-0.4, -0.2) is 42.1 Å². The first-order valence-electron chi connectivity index (χ1n) is 7.22. The van der Waals surface area contributed by atoms with Crippen LogP contribution in [0.3, 0.4) is 0 Å². The molecule has 2 heterocycles. The molecular weight excluding hydrogens is 238 g/mol. The van der Waals surface area contributed by atoms with Crippen LogP contribution in [0.25, 0.3) is 0 Å². The molecule has 0 saturated carbocycles. The van der Waals surface area contributed by atoms with E-state index in [1.54, 1.807) is 0 Å². The summed E-state index contributed by atoms with van der Waals surface area (Å²) >= 11 is 0. The highest BCUT2D eigenvalue weighted by atomic mass is 16.2. The Balaban J connectivity index is 2.11. The summed E-state index contributed by atoms with van der Waals surface area (Å²) in [7, 11) is 1.89. The molecule has 1 aromatic heterocycles. The number of hydrogen-bond donors (Lipinski definition) is 1. The molecule has 0 aromatic carbocycles. The van der Waals surface area contributed by atoms with Crippen molar-refractivity contribution in [2.45, 2.75) is 32.7 Å². The molecule has 0 bridgehead atoms. The Morgan fingerprint density at radius 2 is 2.16 bits per heavy atom. The van der Waals surface area contributed by atoms with Crippen LogP contribution in [0.2, 0.25) is 0 Å². The van der Waals surface area contributed by atoms with Gasteiger partial charge in [-0.2, -0.15) is 0 Å². The van der Waals surface area contributed by atoms with Gasteiger partial charge in [0.1, 0.15) is 5.69 Å². The number of hydrogen-bond acceptors (Lipinski definition) is 2. The zero-order chi connectivity index (χ0) is 13.8. The maximum Gasteiger partial charge on any atom is 0.270 e. The molecular formula is C15H25N3O. The molecule has 1 aromatic rings. The summed E-state index contributed by atoms with van der Waals surface area (Å²) in [4.78, 5) is 14.3. The van der Waals surface area contributed by atoms with Crippen molar-refractivity contribution in [3.05, 3.63) is 24.0 Å². The number of carbonyl (C=O) groups is 1. The smallest absolute Gasteiger partial charge is 0.270 e. The minimum atomic E-state index is 0.136. The number of nitrogens with zero attached hydrogens (tertiary/aromatic N) is 2. The van der Waals surface area contributed by atoms with Crippen molar-refractivity contribution in [2.75, 3.05) is 26.7 Å². The second kappa shape index (κ2) is 6.24. The van der Waals surface area contributed by atoms with Crippen LogP contribution < -0.4 is 5.32 Å². The van der Waals surface area contributed by atoms with Gasteiger partial charge in [-0.05, 0) is 44.0 Å². The average molecular weight is 263 g/mol. The van der Waals surface area contributed by atoms with Crippen LogP contribution in [0.1, 0.15) is 43.2 Å². The number of carbonyl (C=O) groups excluding carboxylic acids is 1. The lowest BCUT2D eigenvalue weighted by molar-refractivity contribution is 0.0764. The fourth-order valence-electron chi connectivity index (χ4n) is 2.80. The first kappa shape index (κ1) is 14.1. The van der Waals surface area contributed by atoms with Gasteiger partial charge in [0.05, 0.1) is 0 Å². The van der Waals surface area contributed by atoms with Gasteiger partial charge in [0, 0.05) is 25.8 Å². The summed E-state index contributed by atoms with van der Waals surface area (Å²) < 4.78 is 2.17. The lowest BCUT2D eigenvalue weighted by Crippen LogP contribution is -2.34. The largest absolute Gasteiger partial charge is 0.340 e. The number of nitrogens with one attached hydrogen (secondary N) is 1. The van der Waals surface area contributed by atoms with Crippen molar-refractivity contribution in [1.82, 2.24) is 14.8 Å². The summed E-state index contributed by atoms with van der Waals surface area (Å²) in [6.45, 7) is 7.15. The van der Waals surface area contributed by atoms with E-state index in [9.17, 15) is 4.79 Å². The first-order valence-corrected chi connectivity index (χ1v) is 7.22. The van der Waals surface area contributed by atoms with Crippen molar-refractivity contribution < 1.29 is 4.79 Å². The third-order valence-corrected chi connectivity index (χ3v) is 3.69. The van der Waals surface area contributed by atoms with E-state index in [0.29, 0.717) is 12.0 Å². The van der Waals surface area contributed by atoms with Gasteiger partial charge in [-0.1, -0.05) is 13.8 Å². The van der Waals surface area contributed by atoms with E-state index in [1.807, 2.05) is 30.3 Å². The number of piperidine rings is 1. The van der Waals surface area contributed by atoms with Crippen LogP contribution in [0, 0.1) is 5.92 Å². The summed E-state index contributed by atoms with van der Waals surface area (Å²) in [6, 6.07) is 4.39. The molecule has 1 amide bonds. The highest BCUT2D eigenvalue weighted by molar-refractivity contribution is 5.92. The van der Waals surface area contributed by atoms with Crippen molar-refractivity contribution in [2.24, 2.45) is 5.92 Å². The van der Waals surface area contributed by atoms with Gasteiger partial charge in [0.25, 0.3) is 5.91 Å². The normalized spacial score (nSPS) is 16.8. The van der Waals surface area contributed by atoms with Crippen LogP contribution in [0.5, 0.6) is 0 Å². The van der Waals surface area contributed by atoms with Crippen LogP contribution in [0.4, 0.5) is 0 Å². The van der Waals surface area contributed by atoms with E-state index < -0.39 is 0 Å². The first-order chi connectivity index (χ1) is 9.09. The monoisotopic (exact) mass is 263 g/mol. The maximum atomic E-state index is 12.5. The Morgan fingerprint density at radius 3 is 2.79 bits per heavy atom. The summed E-state index contributed by atoms with van der Waals surface area (Å²) in [5.41, 5.74) is 0.829. The third kappa shape index (κ3) is 3.38. The average Bonchev–Trinajstić information content (AvgIpc) is 2.87. The Bertz CT molecular complexity index is 419. The standard InChI is InChI=1S/C15H25N3O/c1-12(2)11-17(3)15(19)14-5-4-10-18(14)13-6-8-16-9-7-13/h4-5,10,12-13,16H,6-9,11H2,1-3H3. The van der Waals surface area contributed by atoms with Gasteiger partial charge in [-0.15, -0.1) is 0 Å². The Hall–Kier alpha value is -1.29. The molecule has 0 unspecified atom stereocenters. The molecule has 1 aliphatic rings. The zero-order valence-electron chi connectivity index (χ0n) is 12.2. The lowest BCUT2D eigenvalue weighted by Gasteiger charge is -2.27. The Morgan fingerprint density at radius 1 is 1.47 bits per heavy atom.